The quantitative estimate of drug-likeness (QED) is 0.798. The molecule has 1 unspecified atom stereocenters. The number of halogens is 1. The number of fused-ring (bicyclic) bond motifs is 3. The molecule has 2 aliphatic carbocycles. The summed E-state index contributed by atoms with van der Waals surface area (Å²) in [6, 6.07) is -0.820. The van der Waals surface area contributed by atoms with E-state index in [1.54, 1.807) is 4.57 Å². The molecule has 2 heterocycles. The molecule has 28 heavy (non-hydrogen) atoms. The minimum absolute atomic E-state index is 0.0281. The Morgan fingerprint density at radius 3 is 2.71 bits per heavy atom. The van der Waals surface area contributed by atoms with Crippen molar-refractivity contribution in [1.29, 1.82) is 0 Å². The van der Waals surface area contributed by atoms with Gasteiger partial charge in [0.1, 0.15) is 5.82 Å². The average Bonchev–Trinajstić information content (AvgIpc) is 3.26. The lowest BCUT2D eigenvalue weighted by Gasteiger charge is -2.26. The topological polar surface area (TPSA) is 112 Å². The largest absolute Gasteiger partial charge is 0.477 e. The molecule has 10 heteroatoms. The minimum atomic E-state index is -3.57. The van der Waals surface area contributed by atoms with Gasteiger partial charge < -0.3 is 14.6 Å². The van der Waals surface area contributed by atoms with Crippen LogP contribution < -0.4 is 15.2 Å². The number of urea groups is 1. The van der Waals surface area contributed by atoms with Gasteiger partial charge in [-0.25, -0.2) is 23.5 Å². The number of hydrogen-bond donors (Lipinski definition) is 2. The van der Waals surface area contributed by atoms with E-state index in [0.717, 1.165) is 24.0 Å². The number of aromatic nitrogens is 2. The number of rotatable bonds is 2. The number of anilines is 1. The van der Waals surface area contributed by atoms with Crippen molar-refractivity contribution in [3.8, 4) is 5.88 Å². The van der Waals surface area contributed by atoms with Crippen LogP contribution in [0.15, 0.2) is 15.7 Å². The first-order valence-electron chi connectivity index (χ1n) is 9.34. The molecule has 1 aromatic carbocycles. The molecular formula is C18H20FN5O3S. The molecule has 5 rings (SSSR count). The number of nitrogens with one attached hydrogen (secondary N) is 1. The third kappa shape index (κ3) is 2.62. The maximum Gasteiger partial charge on any atom is 0.354 e. The van der Waals surface area contributed by atoms with Gasteiger partial charge in [0.15, 0.2) is 9.92 Å². The molecule has 148 valence electrons. The summed E-state index contributed by atoms with van der Waals surface area (Å²) in [5.41, 5.74) is 3.60. The van der Waals surface area contributed by atoms with Crippen LogP contribution in [0.5, 0.6) is 5.88 Å². The lowest BCUT2D eigenvalue weighted by molar-refractivity contribution is 0.234. The van der Waals surface area contributed by atoms with Crippen LogP contribution in [0.4, 0.5) is 14.9 Å². The van der Waals surface area contributed by atoms with Gasteiger partial charge in [0.2, 0.25) is 10.9 Å². The fourth-order valence-corrected chi connectivity index (χ4v) is 5.23. The van der Waals surface area contributed by atoms with Gasteiger partial charge in [0.25, 0.3) is 0 Å². The summed E-state index contributed by atoms with van der Waals surface area (Å²) in [5.74, 6) is 0.162. The van der Waals surface area contributed by atoms with Gasteiger partial charge in [-0.05, 0) is 60.8 Å². The summed E-state index contributed by atoms with van der Waals surface area (Å²) in [6.07, 6.45) is 5.89. The van der Waals surface area contributed by atoms with Crippen molar-refractivity contribution in [1.82, 2.24) is 9.55 Å². The fourth-order valence-electron chi connectivity index (χ4n) is 4.23. The second-order valence-corrected chi connectivity index (χ2v) is 9.00. The Bertz CT molecular complexity index is 1130. The second-order valence-electron chi connectivity index (χ2n) is 7.30. The summed E-state index contributed by atoms with van der Waals surface area (Å²) in [7, 11) is -3.57. The smallest absolute Gasteiger partial charge is 0.354 e. The zero-order valence-corrected chi connectivity index (χ0v) is 16.0. The monoisotopic (exact) mass is 405 g/mol. The van der Waals surface area contributed by atoms with Crippen LogP contribution in [0.1, 0.15) is 35.1 Å². The first-order chi connectivity index (χ1) is 13.5. The number of aryl methyl sites for hydroxylation is 1. The third-order valence-corrected chi connectivity index (χ3v) is 6.88. The number of carbonyl (C=O) groups is 1. The van der Waals surface area contributed by atoms with E-state index in [2.05, 4.69) is 14.7 Å². The lowest BCUT2D eigenvalue weighted by atomic mass is 9.83. The highest BCUT2D eigenvalue weighted by atomic mass is 32.2. The third-order valence-electron chi connectivity index (χ3n) is 5.61. The minimum Gasteiger partial charge on any atom is -0.477 e. The van der Waals surface area contributed by atoms with E-state index in [4.69, 9.17) is 9.88 Å². The Balaban J connectivity index is 1.49. The molecule has 1 aromatic heterocycles. The van der Waals surface area contributed by atoms with E-state index in [9.17, 15) is 13.4 Å². The van der Waals surface area contributed by atoms with Crippen molar-refractivity contribution < 1.29 is 18.1 Å². The number of carbonyl (C=O) groups excluding carboxylic acids is 1. The van der Waals surface area contributed by atoms with Gasteiger partial charge in [-0.15, -0.1) is 4.36 Å². The zero-order chi connectivity index (χ0) is 19.5. The van der Waals surface area contributed by atoms with Gasteiger partial charge in [0, 0.05) is 12.2 Å². The summed E-state index contributed by atoms with van der Waals surface area (Å²) in [6.45, 7) is 1.15. The summed E-state index contributed by atoms with van der Waals surface area (Å²) in [4.78, 5) is 16.6. The van der Waals surface area contributed by atoms with Crippen LogP contribution >= 0.6 is 0 Å². The highest BCUT2D eigenvalue weighted by Gasteiger charge is 2.32. The van der Waals surface area contributed by atoms with E-state index < -0.39 is 15.9 Å². The number of amides is 2. The Hall–Kier alpha value is -2.46. The van der Waals surface area contributed by atoms with Gasteiger partial charge >= 0.3 is 6.03 Å². The van der Waals surface area contributed by atoms with E-state index >= 15 is 0 Å². The average molecular weight is 405 g/mol. The van der Waals surface area contributed by atoms with Crippen molar-refractivity contribution in [3.63, 3.8) is 0 Å². The second kappa shape index (κ2) is 6.28. The number of ether oxygens (including phenoxy) is 1. The Morgan fingerprint density at radius 2 is 1.93 bits per heavy atom. The first kappa shape index (κ1) is 17.6. The molecule has 0 saturated heterocycles. The molecule has 0 radical (unpaired) electrons. The van der Waals surface area contributed by atoms with Crippen LogP contribution in [0.25, 0.3) is 0 Å². The Labute approximate surface area is 161 Å². The standard InChI is InChI=1S/C18H20FN5O3S/c19-14-10-3-1-4-12(10)15(13-6-5-11(13)14)22-18(25)23-28(20,26)16-17-24(9-21-16)7-2-8-27-17/h9H,1-8H2,(H3,20,22,23,25,26). The normalized spacial score (nSPS) is 18.8. The van der Waals surface area contributed by atoms with E-state index in [1.807, 2.05) is 0 Å². The molecule has 0 bridgehead atoms. The number of hydrogen-bond acceptors (Lipinski definition) is 4. The highest BCUT2D eigenvalue weighted by molar-refractivity contribution is 7.91. The molecule has 0 fully saturated rings. The molecule has 2 amide bonds. The zero-order valence-electron chi connectivity index (χ0n) is 15.2. The van der Waals surface area contributed by atoms with Crippen LogP contribution in [0, 0.1) is 5.82 Å². The molecule has 3 N–H and O–H groups in total. The highest BCUT2D eigenvalue weighted by Crippen LogP contribution is 2.42. The molecule has 0 saturated carbocycles. The Kier molecular flexibility index (Phi) is 3.95. The fraction of sp³-hybridized carbons (Fsp3) is 0.444. The maximum absolute atomic E-state index is 14.5. The van der Waals surface area contributed by atoms with Gasteiger partial charge in [-0.3, -0.25) is 0 Å². The van der Waals surface area contributed by atoms with E-state index in [0.29, 0.717) is 61.5 Å². The molecule has 1 atom stereocenters. The van der Waals surface area contributed by atoms with Crippen molar-refractivity contribution in [2.24, 2.45) is 9.50 Å². The van der Waals surface area contributed by atoms with Crippen LogP contribution in [0.3, 0.4) is 0 Å². The summed E-state index contributed by atoms with van der Waals surface area (Å²) >= 11 is 0. The molecule has 8 nitrogen and oxygen atoms in total. The van der Waals surface area contributed by atoms with Crippen molar-refractivity contribution in [2.45, 2.75) is 50.1 Å². The van der Waals surface area contributed by atoms with Crippen molar-refractivity contribution >= 4 is 21.6 Å². The van der Waals surface area contributed by atoms with E-state index in [1.165, 1.54) is 6.33 Å². The predicted molar refractivity (Wildman–Crippen MR) is 100 cm³/mol. The van der Waals surface area contributed by atoms with Crippen molar-refractivity contribution in [3.05, 3.63) is 34.4 Å². The van der Waals surface area contributed by atoms with Crippen LogP contribution in [-0.2, 0) is 42.1 Å². The number of nitrogens with zero attached hydrogens (tertiary/aromatic N) is 3. The van der Waals surface area contributed by atoms with E-state index in [-0.39, 0.29) is 10.8 Å². The Morgan fingerprint density at radius 1 is 1.21 bits per heavy atom. The van der Waals surface area contributed by atoms with Crippen molar-refractivity contribution in [2.75, 3.05) is 11.9 Å². The lowest BCUT2D eigenvalue weighted by Crippen LogP contribution is -2.23. The first-order valence-corrected chi connectivity index (χ1v) is 10.9. The molecule has 3 aliphatic rings. The van der Waals surface area contributed by atoms with Gasteiger partial charge in [-0.1, -0.05) is 0 Å². The van der Waals surface area contributed by atoms with Crippen LogP contribution in [0.2, 0.25) is 0 Å². The molecule has 1 aliphatic heterocycles. The molecule has 0 spiro atoms. The van der Waals surface area contributed by atoms with Crippen LogP contribution in [-0.4, -0.2) is 26.4 Å². The summed E-state index contributed by atoms with van der Waals surface area (Å²) < 4.78 is 38.3. The van der Waals surface area contributed by atoms with Gasteiger partial charge in [-0.2, -0.15) is 0 Å². The number of benzene rings is 1. The molecule has 2 aromatic rings. The van der Waals surface area contributed by atoms with Gasteiger partial charge in [0.05, 0.1) is 12.9 Å². The predicted octanol–water partition coefficient (Wildman–Crippen LogP) is 2.32. The summed E-state index contributed by atoms with van der Waals surface area (Å²) in [5, 5.41) is 8.56. The number of nitrogens with two attached hydrogens (primary N) is 1. The molecular weight excluding hydrogens is 385 g/mol. The number of imidazole rings is 1. The maximum atomic E-state index is 14.5. The SMILES string of the molecule is NS(=O)(=NC(=O)Nc1c2c(c(F)c3c1CC3)CCC2)c1ncn2c1OCCC2.